The van der Waals surface area contributed by atoms with Crippen molar-refractivity contribution in [1.82, 2.24) is 10.0 Å². The summed E-state index contributed by atoms with van der Waals surface area (Å²) in [6.45, 7) is 2.99. The van der Waals surface area contributed by atoms with Crippen LogP contribution in [0.25, 0.3) is 0 Å². The molecule has 1 aliphatic heterocycles. The second-order valence-corrected chi connectivity index (χ2v) is 6.55. The van der Waals surface area contributed by atoms with Crippen LogP contribution in [0, 0.1) is 23.4 Å². The molecule has 2 rings (SSSR count). The van der Waals surface area contributed by atoms with Crippen LogP contribution in [0.1, 0.15) is 13.3 Å². The van der Waals surface area contributed by atoms with Crippen molar-refractivity contribution in [2.24, 2.45) is 5.92 Å². The number of rotatable bonds is 3. The quantitative estimate of drug-likeness (QED) is 0.887. The summed E-state index contributed by atoms with van der Waals surface area (Å²) in [5.41, 5.74) is 0. The molecule has 1 aromatic carbocycles. The van der Waals surface area contributed by atoms with Gasteiger partial charge in [-0.2, -0.15) is 0 Å². The number of hydrogen-bond donors (Lipinski definition) is 2. The van der Waals surface area contributed by atoms with Crippen molar-refractivity contribution < 1.29 is 21.6 Å². The van der Waals surface area contributed by atoms with Gasteiger partial charge in [-0.3, -0.25) is 0 Å². The SMILES string of the molecule is C[C@H]1CCNC[C@H]1NS(=O)(=O)c1c(F)cc(F)cc1F. The number of piperidine rings is 1. The summed E-state index contributed by atoms with van der Waals surface area (Å²) >= 11 is 0. The molecule has 0 spiro atoms. The second kappa shape index (κ2) is 5.71. The van der Waals surface area contributed by atoms with E-state index in [2.05, 4.69) is 10.0 Å². The normalized spacial score (nSPS) is 23.8. The number of benzene rings is 1. The molecule has 4 nitrogen and oxygen atoms in total. The van der Waals surface area contributed by atoms with E-state index in [9.17, 15) is 21.6 Å². The zero-order valence-corrected chi connectivity index (χ0v) is 11.6. The van der Waals surface area contributed by atoms with E-state index in [1.54, 1.807) is 0 Å². The fourth-order valence-corrected chi connectivity index (χ4v) is 3.65. The third kappa shape index (κ3) is 3.13. The number of hydrogen-bond acceptors (Lipinski definition) is 3. The standard InChI is InChI=1S/C12H15F3N2O2S/c1-7-2-3-16-6-11(7)17-20(18,19)12-9(14)4-8(13)5-10(12)15/h4-5,7,11,16-17H,2-3,6H2,1H3/t7-,11+/m0/s1. The predicted octanol–water partition coefficient (Wildman–Crippen LogP) is 1.38. The molecule has 1 fully saturated rings. The maximum atomic E-state index is 13.5. The van der Waals surface area contributed by atoms with Crippen molar-refractivity contribution in [3.8, 4) is 0 Å². The van der Waals surface area contributed by atoms with E-state index in [-0.39, 0.29) is 5.92 Å². The average Bonchev–Trinajstić information content (AvgIpc) is 2.30. The molecule has 2 N–H and O–H groups in total. The van der Waals surface area contributed by atoms with Crippen molar-refractivity contribution >= 4 is 10.0 Å². The van der Waals surface area contributed by atoms with Gasteiger partial charge in [0.15, 0.2) is 4.90 Å². The summed E-state index contributed by atoms with van der Waals surface area (Å²) in [7, 11) is -4.38. The monoisotopic (exact) mass is 308 g/mol. The van der Waals surface area contributed by atoms with Crippen molar-refractivity contribution in [2.45, 2.75) is 24.3 Å². The molecule has 0 amide bonds. The third-order valence-corrected chi connectivity index (χ3v) is 4.91. The minimum Gasteiger partial charge on any atom is -0.315 e. The number of nitrogens with one attached hydrogen (secondary N) is 2. The van der Waals surface area contributed by atoms with Crippen LogP contribution in [-0.2, 0) is 10.0 Å². The molecule has 0 unspecified atom stereocenters. The van der Waals surface area contributed by atoms with Gasteiger partial charge >= 0.3 is 0 Å². The van der Waals surface area contributed by atoms with Gasteiger partial charge < -0.3 is 5.32 Å². The number of halogens is 3. The largest absolute Gasteiger partial charge is 0.315 e. The van der Waals surface area contributed by atoms with Gasteiger partial charge in [0.2, 0.25) is 10.0 Å². The molecule has 0 bridgehead atoms. The lowest BCUT2D eigenvalue weighted by Gasteiger charge is -2.30. The van der Waals surface area contributed by atoms with Crippen LogP contribution in [0.4, 0.5) is 13.2 Å². The molecule has 20 heavy (non-hydrogen) atoms. The molecule has 0 saturated carbocycles. The summed E-state index contributed by atoms with van der Waals surface area (Å²) in [6, 6.07) is 0.234. The van der Waals surface area contributed by atoms with Gasteiger partial charge in [-0.1, -0.05) is 6.92 Å². The third-order valence-electron chi connectivity index (χ3n) is 3.37. The Morgan fingerprint density at radius 2 is 1.85 bits per heavy atom. The van der Waals surface area contributed by atoms with E-state index in [4.69, 9.17) is 0 Å². The highest BCUT2D eigenvalue weighted by Gasteiger charge is 2.30. The Morgan fingerprint density at radius 3 is 2.40 bits per heavy atom. The molecular weight excluding hydrogens is 293 g/mol. The second-order valence-electron chi connectivity index (χ2n) is 4.90. The lowest BCUT2D eigenvalue weighted by molar-refractivity contribution is 0.326. The Morgan fingerprint density at radius 1 is 1.25 bits per heavy atom. The maximum absolute atomic E-state index is 13.5. The van der Waals surface area contributed by atoms with Crippen LogP contribution in [-0.4, -0.2) is 27.5 Å². The van der Waals surface area contributed by atoms with Crippen molar-refractivity contribution in [3.63, 3.8) is 0 Å². The minimum atomic E-state index is -4.38. The molecule has 2 atom stereocenters. The molecule has 1 saturated heterocycles. The van der Waals surface area contributed by atoms with Crippen molar-refractivity contribution in [1.29, 1.82) is 0 Å². The van der Waals surface area contributed by atoms with Gasteiger partial charge in [-0.25, -0.2) is 26.3 Å². The minimum absolute atomic E-state index is 0.0394. The summed E-state index contributed by atoms with van der Waals surface area (Å²) < 4.78 is 66.3. The first-order valence-corrected chi connectivity index (χ1v) is 7.67. The van der Waals surface area contributed by atoms with Crippen LogP contribution < -0.4 is 10.0 Å². The van der Waals surface area contributed by atoms with E-state index in [1.165, 1.54) is 0 Å². The Balaban J connectivity index is 2.31. The highest BCUT2D eigenvalue weighted by molar-refractivity contribution is 7.89. The highest BCUT2D eigenvalue weighted by atomic mass is 32.2. The Bertz CT molecular complexity index is 584. The predicted molar refractivity (Wildman–Crippen MR) is 67.1 cm³/mol. The molecule has 0 radical (unpaired) electrons. The van der Waals surface area contributed by atoms with Gasteiger partial charge in [0.1, 0.15) is 17.5 Å². The Hall–Kier alpha value is -1.12. The van der Waals surface area contributed by atoms with Crippen molar-refractivity contribution in [2.75, 3.05) is 13.1 Å². The van der Waals surface area contributed by atoms with Crippen LogP contribution in [0.2, 0.25) is 0 Å². The summed E-state index contributed by atoms with van der Waals surface area (Å²) in [5, 5.41) is 3.00. The van der Waals surface area contributed by atoms with E-state index >= 15 is 0 Å². The van der Waals surface area contributed by atoms with Gasteiger partial charge in [-0.15, -0.1) is 0 Å². The summed E-state index contributed by atoms with van der Waals surface area (Å²) in [5.74, 6) is -4.00. The molecule has 112 valence electrons. The first kappa shape index (κ1) is 15.3. The molecular formula is C12H15F3N2O2S. The van der Waals surface area contributed by atoms with Gasteiger partial charge in [0, 0.05) is 24.7 Å². The van der Waals surface area contributed by atoms with E-state index in [1.807, 2.05) is 6.92 Å². The van der Waals surface area contributed by atoms with E-state index < -0.39 is 38.4 Å². The van der Waals surface area contributed by atoms with Crippen LogP contribution >= 0.6 is 0 Å². The van der Waals surface area contributed by atoms with Crippen LogP contribution in [0.5, 0.6) is 0 Å². The van der Waals surface area contributed by atoms with Crippen LogP contribution in [0.15, 0.2) is 17.0 Å². The fraction of sp³-hybridized carbons (Fsp3) is 0.500. The lowest BCUT2D eigenvalue weighted by Crippen LogP contribution is -2.50. The molecule has 1 aromatic rings. The topological polar surface area (TPSA) is 58.2 Å². The average molecular weight is 308 g/mol. The molecule has 1 aliphatic rings. The van der Waals surface area contributed by atoms with Crippen LogP contribution in [0.3, 0.4) is 0 Å². The first-order chi connectivity index (χ1) is 9.31. The molecule has 1 heterocycles. The lowest BCUT2D eigenvalue weighted by atomic mass is 9.96. The maximum Gasteiger partial charge on any atom is 0.246 e. The Kier molecular flexibility index (Phi) is 4.36. The van der Waals surface area contributed by atoms with Gasteiger partial charge in [0.05, 0.1) is 0 Å². The fourth-order valence-electron chi connectivity index (χ4n) is 2.19. The van der Waals surface area contributed by atoms with Gasteiger partial charge in [0.25, 0.3) is 0 Å². The summed E-state index contributed by atoms with van der Waals surface area (Å²) in [4.78, 5) is -1.14. The number of sulfonamides is 1. The highest BCUT2D eigenvalue weighted by Crippen LogP contribution is 2.22. The smallest absolute Gasteiger partial charge is 0.246 e. The van der Waals surface area contributed by atoms with Crippen molar-refractivity contribution in [3.05, 3.63) is 29.6 Å². The van der Waals surface area contributed by atoms with E-state index in [0.717, 1.165) is 13.0 Å². The Labute approximate surface area is 115 Å². The van der Waals surface area contributed by atoms with E-state index in [0.29, 0.717) is 18.7 Å². The van der Waals surface area contributed by atoms with Gasteiger partial charge in [-0.05, 0) is 18.9 Å². The zero-order valence-electron chi connectivity index (χ0n) is 10.8. The molecule has 0 aromatic heterocycles. The summed E-state index contributed by atoms with van der Waals surface area (Å²) in [6.07, 6.45) is 0.752. The zero-order chi connectivity index (χ0) is 14.9. The first-order valence-electron chi connectivity index (χ1n) is 6.19. The molecule has 8 heteroatoms. The molecule has 0 aliphatic carbocycles.